The summed E-state index contributed by atoms with van der Waals surface area (Å²) in [6.45, 7) is 0. The molecule has 0 bridgehead atoms. The molecule has 0 radical (unpaired) electrons. The van der Waals surface area contributed by atoms with Gasteiger partial charge in [0.2, 0.25) is 4.77 Å². The third kappa shape index (κ3) is 2.25. The van der Waals surface area contributed by atoms with E-state index in [2.05, 4.69) is 15.0 Å². The van der Waals surface area contributed by atoms with Crippen LogP contribution in [-0.2, 0) is 0 Å². The van der Waals surface area contributed by atoms with Crippen LogP contribution >= 0.6 is 35.8 Å². The van der Waals surface area contributed by atoms with Gasteiger partial charge >= 0.3 is 6.01 Å². The number of H-pyrrole nitrogens is 2. The summed E-state index contributed by atoms with van der Waals surface area (Å²) in [5.41, 5.74) is 0. The quantitative estimate of drug-likeness (QED) is 0.796. The largest absolute Gasteiger partial charge is 0.414 e. The maximum atomic E-state index is 5.38. The predicted octanol–water partition coefficient (Wildman–Crippen LogP) is 3.05. The van der Waals surface area contributed by atoms with Gasteiger partial charge in [-0.3, -0.25) is 4.98 Å². The molecule has 0 unspecified atom stereocenters. The number of nitrogens with one attached hydrogen (secondary N) is 2. The number of hydrogen-bond acceptors (Lipinski definition) is 5. The number of aromatic amines is 2. The van der Waals surface area contributed by atoms with Crippen molar-refractivity contribution in [3.8, 4) is 11.1 Å². The lowest BCUT2D eigenvalue weighted by atomic mass is 10.7. The van der Waals surface area contributed by atoms with E-state index in [0.29, 0.717) is 15.6 Å². The first-order valence-electron chi connectivity index (χ1n) is 3.66. The summed E-state index contributed by atoms with van der Waals surface area (Å²) in [7, 11) is 0. The molecule has 2 N–H and O–H groups in total. The van der Waals surface area contributed by atoms with Crippen LogP contribution in [0.2, 0.25) is 0 Å². The lowest BCUT2D eigenvalue weighted by Crippen LogP contribution is -1.93. The molecule has 0 saturated carbocycles. The fourth-order valence-corrected chi connectivity index (χ4v) is 1.85. The highest BCUT2D eigenvalue weighted by molar-refractivity contribution is 7.71. The Morgan fingerprint density at radius 3 is 2.86 bits per heavy atom. The highest BCUT2D eigenvalue weighted by Gasteiger charge is 1.99. The Balaban J connectivity index is 2.34. The second-order valence-electron chi connectivity index (χ2n) is 2.34. The summed E-state index contributed by atoms with van der Waals surface area (Å²) < 4.78 is 6.08. The molecule has 2 aromatic heterocycles. The van der Waals surface area contributed by atoms with Gasteiger partial charge in [-0.15, -0.1) is 11.3 Å². The van der Waals surface area contributed by atoms with Crippen LogP contribution in [0.25, 0.3) is 0 Å². The number of nitrogens with zero attached hydrogens (tertiary/aromatic N) is 1. The fraction of sp³-hybridized carbons (Fsp3) is 0. The molecule has 2 rings (SSSR count). The van der Waals surface area contributed by atoms with Gasteiger partial charge < -0.3 is 9.72 Å². The highest BCUT2D eigenvalue weighted by atomic mass is 32.1. The molecule has 0 spiro atoms. The van der Waals surface area contributed by atoms with Crippen molar-refractivity contribution in [3.63, 3.8) is 0 Å². The van der Waals surface area contributed by atoms with Crippen LogP contribution in [0.15, 0.2) is 17.5 Å². The summed E-state index contributed by atoms with van der Waals surface area (Å²) in [5.74, 6) is 0. The van der Waals surface area contributed by atoms with Crippen molar-refractivity contribution in [1.82, 2.24) is 15.0 Å². The first-order chi connectivity index (χ1) is 6.74. The fourth-order valence-electron chi connectivity index (χ4n) is 0.839. The molecule has 0 aromatic carbocycles. The van der Waals surface area contributed by atoms with Gasteiger partial charge in [0.05, 0.1) is 0 Å². The molecule has 14 heavy (non-hydrogen) atoms. The standard InChI is InChI=1S/C7H5N3OS3/c12-6-8-5(9-7(13)10-6)11-4-2-1-3-14-4/h1-3H,(H2,8,9,10,12,13). The van der Waals surface area contributed by atoms with E-state index in [0.717, 1.165) is 5.06 Å². The van der Waals surface area contributed by atoms with E-state index in [1.807, 2.05) is 17.5 Å². The van der Waals surface area contributed by atoms with Crippen LogP contribution in [0, 0.1) is 9.54 Å². The maximum absolute atomic E-state index is 5.38. The molecule has 0 amide bonds. The second kappa shape index (κ2) is 3.99. The smallest absolute Gasteiger partial charge is 0.304 e. The van der Waals surface area contributed by atoms with Crippen LogP contribution in [0.3, 0.4) is 0 Å². The molecular weight excluding hydrogens is 238 g/mol. The Labute approximate surface area is 93.6 Å². The van der Waals surface area contributed by atoms with Crippen LogP contribution in [-0.4, -0.2) is 15.0 Å². The number of hydrogen-bond donors (Lipinski definition) is 2. The Morgan fingerprint density at radius 2 is 2.21 bits per heavy atom. The van der Waals surface area contributed by atoms with Gasteiger partial charge in [-0.2, -0.15) is 4.98 Å². The van der Waals surface area contributed by atoms with Gasteiger partial charge in [-0.05, 0) is 41.9 Å². The average Bonchev–Trinajstić information content (AvgIpc) is 2.54. The van der Waals surface area contributed by atoms with Crippen LogP contribution < -0.4 is 4.74 Å². The van der Waals surface area contributed by atoms with Crippen molar-refractivity contribution >= 4 is 35.8 Å². The number of rotatable bonds is 2. The zero-order valence-electron chi connectivity index (χ0n) is 6.81. The molecule has 72 valence electrons. The van der Waals surface area contributed by atoms with Crippen molar-refractivity contribution in [3.05, 3.63) is 27.1 Å². The predicted molar refractivity (Wildman–Crippen MR) is 59.0 cm³/mol. The van der Waals surface area contributed by atoms with Gasteiger partial charge in [-0.1, -0.05) is 0 Å². The summed E-state index contributed by atoms with van der Waals surface area (Å²) >= 11 is 11.2. The van der Waals surface area contributed by atoms with E-state index in [1.54, 1.807) is 0 Å². The average molecular weight is 243 g/mol. The molecule has 4 nitrogen and oxygen atoms in total. The molecule has 0 aliphatic heterocycles. The number of aromatic nitrogens is 3. The Kier molecular flexibility index (Phi) is 2.71. The van der Waals surface area contributed by atoms with E-state index in [-0.39, 0.29) is 0 Å². The minimum absolute atomic E-state index is 0.306. The van der Waals surface area contributed by atoms with Gasteiger partial charge in [0.25, 0.3) is 0 Å². The Hall–Kier alpha value is -1.05. The van der Waals surface area contributed by atoms with Crippen molar-refractivity contribution in [1.29, 1.82) is 0 Å². The molecule has 0 fully saturated rings. The highest BCUT2D eigenvalue weighted by Crippen LogP contribution is 2.22. The van der Waals surface area contributed by atoms with E-state index in [4.69, 9.17) is 29.2 Å². The van der Waals surface area contributed by atoms with E-state index < -0.39 is 0 Å². The van der Waals surface area contributed by atoms with Crippen LogP contribution in [0.4, 0.5) is 0 Å². The van der Waals surface area contributed by atoms with Gasteiger partial charge in [0, 0.05) is 0 Å². The van der Waals surface area contributed by atoms with Crippen LogP contribution in [0.1, 0.15) is 0 Å². The Bertz CT molecular complexity index is 499. The topological polar surface area (TPSA) is 53.7 Å². The monoisotopic (exact) mass is 243 g/mol. The number of ether oxygens (including phenoxy) is 1. The minimum Gasteiger partial charge on any atom is -0.414 e. The Morgan fingerprint density at radius 1 is 1.36 bits per heavy atom. The van der Waals surface area contributed by atoms with E-state index in [9.17, 15) is 0 Å². The normalized spacial score (nSPS) is 10.0. The van der Waals surface area contributed by atoms with Crippen LogP contribution in [0.5, 0.6) is 11.1 Å². The minimum atomic E-state index is 0.306. The van der Waals surface area contributed by atoms with E-state index in [1.165, 1.54) is 11.3 Å². The third-order valence-electron chi connectivity index (χ3n) is 1.34. The molecule has 0 aliphatic rings. The lowest BCUT2D eigenvalue weighted by molar-refractivity contribution is 0.449. The van der Waals surface area contributed by atoms with E-state index >= 15 is 0 Å². The first kappa shape index (κ1) is 9.50. The first-order valence-corrected chi connectivity index (χ1v) is 5.36. The molecule has 2 aromatic rings. The van der Waals surface area contributed by atoms with Crippen molar-refractivity contribution in [2.45, 2.75) is 0 Å². The maximum Gasteiger partial charge on any atom is 0.304 e. The lowest BCUT2D eigenvalue weighted by Gasteiger charge is -1.99. The summed E-state index contributed by atoms with van der Waals surface area (Å²) in [4.78, 5) is 9.36. The zero-order valence-corrected chi connectivity index (χ0v) is 9.26. The molecule has 2 heterocycles. The summed E-state index contributed by atoms with van der Waals surface area (Å²) in [5, 5.41) is 2.65. The van der Waals surface area contributed by atoms with Gasteiger partial charge in [-0.25, -0.2) is 0 Å². The SMILES string of the molecule is S=c1nc(Oc2cccs2)[nH]c(=S)[nH]1. The third-order valence-corrected chi connectivity index (χ3v) is 2.48. The molecule has 0 saturated heterocycles. The number of thiophene rings is 1. The van der Waals surface area contributed by atoms with Crippen molar-refractivity contribution < 1.29 is 4.74 Å². The van der Waals surface area contributed by atoms with Gasteiger partial charge in [0.15, 0.2) is 9.83 Å². The molecular formula is C7H5N3OS3. The molecule has 0 aliphatic carbocycles. The summed E-state index contributed by atoms with van der Waals surface area (Å²) in [6, 6.07) is 4.03. The zero-order chi connectivity index (χ0) is 9.97. The van der Waals surface area contributed by atoms with Crippen molar-refractivity contribution in [2.24, 2.45) is 0 Å². The molecule has 0 atom stereocenters. The van der Waals surface area contributed by atoms with Crippen molar-refractivity contribution in [2.75, 3.05) is 0 Å². The second-order valence-corrected chi connectivity index (χ2v) is 4.04. The molecule has 7 heteroatoms. The van der Waals surface area contributed by atoms with Gasteiger partial charge in [0.1, 0.15) is 0 Å². The summed E-state index contributed by atoms with van der Waals surface area (Å²) in [6.07, 6.45) is 0.